The number of rotatable bonds is 5. The van der Waals surface area contributed by atoms with E-state index in [-0.39, 0.29) is 5.78 Å². The first-order valence-corrected chi connectivity index (χ1v) is 7.67. The van der Waals surface area contributed by atoms with E-state index in [1.54, 1.807) is 31.9 Å². The predicted octanol–water partition coefficient (Wildman–Crippen LogP) is 4.08. The number of nitrogen functional groups attached to an aromatic ring is 1. The molecule has 0 aliphatic heterocycles. The van der Waals surface area contributed by atoms with Gasteiger partial charge in [0.2, 0.25) is 0 Å². The van der Waals surface area contributed by atoms with E-state index in [0.29, 0.717) is 5.56 Å². The van der Waals surface area contributed by atoms with E-state index in [4.69, 9.17) is 10.5 Å². The zero-order valence-corrected chi connectivity index (χ0v) is 13.3. The molecule has 0 saturated heterocycles. The van der Waals surface area contributed by atoms with Crippen molar-refractivity contribution in [2.45, 2.75) is 24.5 Å². The van der Waals surface area contributed by atoms with E-state index in [2.05, 4.69) is 6.07 Å². The number of Topliss-reactive ketones (excluding diaryl/α,β-unsaturated/α-hetero) is 1. The van der Waals surface area contributed by atoms with E-state index in [1.165, 1.54) is 0 Å². The Morgan fingerprint density at radius 3 is 2.71 bits per heavy atom. The predicted molar refractivity (Wildman–Crippen MR) is 88.2 cm³/mol. The molecule has 0 saturated carbocycles. The first-order valence-electron chi connectivity index (χ1n) is 6.68. The van der Waals surface area contributed by atoms with Crippen LogP contribution >= 0.6 is 11.8 Å². The molecule has 0 atom stereocenters. The Hall–Kier alpha value is -1.94. The summed E-state index contributed by atoms with van der Waals surface area (Å²) in [5, 5.41) is 0. The number of hydrogen-bond acceptors (Lipinski definition) is 4. The number of thioether (sulfide) groups is 1. The Labute approximate surface area is 129 Å². The summed E-state index contributed by atoms with van der Waals surface area (Å²) in [6.45, 7) is 3.58. The fourth-order valence-corrected chi connectivity index (χ4v) is 3.10. The molecule has 3 nitrogen and oxygen atoms in total. The maximum absolute atomic E-state index is 11.5. The summed E-state index contributed by atoms with van der Waals surface area (Å²) in [4.78, 5) is 12.6. The summed E-state index contributed by atoms with van der Waals surface area (Å²) in [5.41, 5.74) is 9.53. The normalized spacial score (nSPS) is 10.4. The minimum atomic E-state index is 0.0593. The highest BCUT2D eigenvalue weighted by Gasteiger charge is 2.09. The van der Waals surface area contributed by atoms with Crippen LogP contribution in [0.15, 0.2) is 41.3 Å². The molecule has 2 aromatic rings. The molecule has 4 heteroatoms. The third kappa shape index (κ3) is 3.58. The van der Waals surface area contributed by atoms with Gasteiger partial charge < -0.3 is 10.5 Å². The number of ketones is 1. The molecule has 0 aliphatic carbocycles. The van der Waals surface area contributed by atoms with Crippen LogP contribution < -0.4 is 10.5 Å². The van der Waals surface area contributed by atoms with Crippen molar-refractivity contribution in [3.63, 3.8) is 0 Å². The van der Waals surface area contributed by atoms with Crippen molar-refractivity contribution < 1.29 is 9.53 Å². The van der Waals surface area contributed by atoms with Gasteiger partial charge in [-0.05, 0) is 49.7 Å². The maximum atomic E-state index is 11.5. The molecular formula is C17H19NO2S. The van der Waals surface area contributed by atoms with E-state index in [9.17, 15) is 4.79 Å². The molecular weight excluding hydrogens is 282 g/mol. The summed E-state index contributed by atoms with van der Waals surface area (Å²) in [5.74, 6) is 1.59. The number of ether oxygens (including phenoxy) is 1. The summed E-state index contributed by atoms with van der Waals surface area (Å²) in [7, 11) is 1.64. The molecule has 0 fully saturated rings. The first-order chi connectivity index (χ1) is 10.0. The van der Waals surface area contributed by atoms with Crippen molar-refractivity contribution in [1.82, 2.24) is 0 Å². The van der Waals surface area contributed by atoms with Gasteiger partial charge in [0.15, 0.2) is 5.78 Å². The van der Waals surface area contributed by atoms with E-state index < -0.39 is 0 Å². The largest absolute Gasteiger partial charge is 0.496 e. The lowest BCUT2D eigenvalue weighted by Crippen LogP contribution is -1.97. The van der Waals surface area contributed by atoms with Gasteiger partial charge in [0, 0.05) is 27.5 Å². The molecule has 2 aromatic carbocycles. The summed E-state index contributed by atoms with van der Waals surface area (Å²) in [6.07, 6.45) is 0. The summed E-state index contributed by atoms with van der Waals surface area (Å²) >= 11 is 1.69. The lowest BCUT2D eigenvalue weighted by Gasteiger charge is -2.11. The molecule has 0 aliphatic rings. The number of anilines is 1. The smallest absolute Gasteiger partial charge is 0.159 e. The van der Waals surface area contributed by atoms with Gasteiger partial charge in [-0.15, -0.1) is 11.8 Å². The van der Waals surface area contributed by atoms with Crippen LogP contribution in [0.2, 0.25) is 0 Å². The van der Waals surface area contributed by atoms with Crippen molar-refractivity contribution in [1.29, 1.82) is 0 Å². The molecule has 0 aromatic heterocycles. The van der Waals surface area contributed by atoms with Gasteiger partial charge in [-0.25, -0.2) is 0 Å². The molecule has 0 radical (unpaired) electrons. The number of carbonyl (C=O) groups excluding carboxylic acids is 1. The topological polar surface area (TPSA) is 52.3 Å². The average Bonchev–Trinajstić information content (AvgIpc) is 2.48. The van der Waals surface area contributed by atoms with Gasteiger partial charge in [-0.3, -0.25) is 4.79 Å². The highest BCUT2D eigenvalue weighted by atomic mass is 32.2. The van der Waals surface area contributed by atoms with Crippen LogP contribution in [0.4, 0.5) is 5.69 Å². The molecule has 0 heterocycles. The van der Waals surface area contributed by atoms with Gasteiger partial charge in [-0.2, -0.15) is 0 Å². The molecule has 2 rings (SSSR count). The Kier molecular flexibility index (Phi) is 4.91. The minimum absolute atomic E-state index is 0.0593. The van der Waals surface area contributed by atoms with E-state index >= 15 is 0 Å². The standard InChI is InChI=1S/C17H19NO2S/c1-11-15(18)5-4-6-17(11)21-10-14-9-13(12(2)19)7-8-16(14)20-3/h4-9H,10,18H2,1-3H3. The number of hydrogen-bond donors (Lipinski definition) is 1. The summed E-state index contributed by atoms with van der Waals surface area (Å²) < 4.78 is 5.37. The molecule has 2 N–H and O–H groups in total. The van der Waals surface area contributed by atoms with Crippen molar-refractivity contribution in [2.75, 3.05) is 12.8 Å². The second-order valence-electron chi connectivity index (χ2n) is 4.84. The Bertz CT molecular complexity index is 668. The minimum Gasteiger partial charge on any atom is -0.496 e. The average molecular weight is 301 g/mol. The molecule has 0 unspecified atom stereocenters. The van der Waals surface area contributed by atoms with E-state index in [0.717, 1.165) is 33.2 Å². The summed E-state index contributed by atoms with van der Waals surface area (Å²) in [6, 6.07) is 11.4. The zero-order chi connectivity index (χ0) is 15.4. The fourth-order valence-electron chi connectivity index (χ4n) is 2.05. The molecule has 0 spiro atoms. The van der Waals surface area contributed by atoms with Crippen LogP contribution in [0.1, 0.15) is 28.4 Å². The number of carbonyl (C=O) groups is 1. The highest BCUT2D eigenvalue weighted by molar-refractivity contribution is 7.98. The van der Waals surface area contributed by atoms with Gasteiger partial charge >= 0.3 is 0 Å². The first kappa shape index (κ1) is 15.4. The van der Waals surface area contributed by atoms with Crippen LogP contribution in [-0.2, 0) is 5.75 Å². The SMILES string of the molecule is COc1ccc(C(C)=O)cc1CSc1cccc(N)c1C. The number of benzene rings is 2. The van der Waals surface area contributed by atoms with Crippen molar-refractivity contribution in [2.24, 2.45) is 0 Å². The zero-order valence-electron chi connectivity index (χ0n) is 12.5. The van der Waals surface area contributed by atoms with Crippen LogP contribution in [0.3, 0.4) is 0 Å². The van der Waals surface area contributed by atoms with Crippen LogP contribution in [0.5, 0.6) is 5.75 Å². The Morgan fingerprint density at radius 2 is 2.05 bits per heavy atom. The van der Waals surface area contributed by atoms with Crippen molar-refractivity contribution in [3.8, 4) is 5.75 Å². The molecule has 110 valence electrons. The lowest BCUT2D eigenvalue weighted by atomic mass is 10.1. The van der Waals surface area contributed by atoms with Gasteiger partial charge in [-0.1, -0.05) is 6.07 Å². The number of nitrogens with two attached hydrogens (primary N) is 1. The third-order valence-electron chi connectivity index (χ3n) is 3.40. The van der Waals surface area contributed by atoms with Crippen LogP contribution in [-0.4, -0.2) is 12.9 Å². The Balaban J connectivity index is 2.24. The Morgan fingerprint density at radius 1 is 1.29 bits per heavy atom. The molecule has 0 amide bonds. The quantitative estimate of drug-likeness (QED) is 0.513. The van der Waals surface area contributed by atoms with Gasteiger partial charge in [0.1, 0.15) is 5.75 Å². The van der Waals surface area contributed by atoms with Crippen LogP contribution in [0.25, 0.3) is 0 Å². The molecule has 21 heavy (non-hydrogen) atoms. The van der Waals surface area contributed by atoms with Crippen molar-refractivity contribution >= 4 is 23.2 Å². The molecule has 0 bridgehead atoms. The number of methoxy groups -OCH3 is 1. The highest BCUT2D eigenvalue weighted by Crippen LogP contribution is 2.32. The van der Waals surface area contributed by atoms with Crippen LogP contribution in [0, 0.1) is 6.92 Å². The second-order valence-corrected chi connectivity index (χ2v) is 5.86. The second kappa shape index (κ2) is 6.68. The van der Waals surface area contributed by atoms with E-state index in [1.807, 2.05) is 31.2 Å². The monoisotopic (exact) mass is 301 g/mol. The van der Waals surface area contributed by atoms with Gasteiger partial charge in [0.25, 0.3) is 0 Å². The lowest BCUT2D eigenvalue weighted by molar-refractivity contribution is 0.101. The van der Waals surface area contributed by atoms with Gasteiger partial charge in [0.05, 0.1) is 7.11 Å². The maximum Gasteiger partial charge on any atom is 0.159 e. The van der Waals surface area contributed by atoms with Crippen molar-refractivity contribution in [3.05, 3.63) is 53.1 Å². The fraction of sp³-hybridized carbons (Fsp3) is 0.235. The third-order valence-corrected chi connectivity index (χ3v) is 4.60.